The Bertz CT molecular complexity index is 1300. The first-order valence-electron chi connectivity index (χ1n) is 8.37. The molecule has 140 valence electrons. The van der Waals surface area contributed by atoms with Crippen molar-refractivity contribution in [2.75, 3.05) is 5.32 Å². The molecule has 0 spiro atoms. The number of benzene rings is 2. The van der Waals surface area contributed by atoms with Crippen LogP contribution in [0.4, 0.5) is 11.4 Å². The van der Waals surface area contributed by atoms with E-state index in [0.717, 1.165) is 0 Å². The summed E-state index contributed by atoms with van der Waals surface area (Å²) in [4.78, 5) is 35.2. The normalized spacial score (nSPS) is 11.0. The van der Waals surface area contributed by atoms with E-state index in [0.29, 0.717) is 27.7 Å². The molecule has 2 heterocycles. The molecule has 2 aromatic heterocycles. The molecule has 0 saturated carbocycles. The van der Waals surface area contributed by atoms with Crippen molar-refractivity contribution in [1.29, 1.82) is 0 Å². The van der Waals surface area contributed by atoms with Crippen LogP contribution in [0, 0.1) is 17.0 Å². The molecule has 0 aliphatic rings. The Morgan fingerprint density at radius 1 is 1.21 bits per heavy atom. The molecule has 9 heteroatoms. The number of hydrogen-bond acceptors (Lipinski definition) is 6. The van der Waals surface area contributed by atoms with Crippen molar-refractivity contribution in [3.8, 4) is 0 Å². The number of amides is 1. The summed E-state index contributed by atoms with van der Waals surface area (Å²) in [6, 6.07) is 11.5. The van der Waals surface area contributed by atoms with Crippen molar-refractivity contribution in [2.24, 2.45) is 0 Å². The molecule has 9 nitrogen and oxygen atoms in total. The molecule has 28 heavy (non-hydrogen) atoms. The first-order chi connectivity index (χ1) is 13.5. The third kappa shape index (κ3) is 2.88. The Labute approximate surface area is 157 Å². The van der Waals surface area contributed by atoms with Gasteiger partial charge < -0.3 is 9.73 Å². The second-order valence-corrected chi connectivity index (χ2v) is 6.21. The van der Waals surface area contributed by atoms with Crippen molar-refractivity contribution >= 4 is 39.2 Å². The van der Waals surface area contributed by atoms with Gasteiger partial charge in [-0.25, -0.2) is 4.79 Å². The molecule has 1 N–H and O–H groups in total. The number of nitrogens with one attached hydrogen (secondary N) is 1. The van der Waals surface area contributed by atoms with Crippen LogP contribution in [-0.4, -0.2) is 20.6 Å². The van der Waals surface area contributed by atoms with Crippen LogP contribution in [0.25, 0.3) is 21.9 Å². The van der Waals surface area contributed by atoms with Gasteiger partial charge in [0.1, 0.15) is 17.5 Å². The van der Waals surface area contributed by atoms with E-state index < -0.39 is 16.5 Å². The van der Waals surface area contributed by atoms with Crippen LogP contribution < -0.4 is 10.9 Å². The lowest BCUT2D eigenvalue weighted by molar-refractivity contribution is -0.385. The highest BCUT2D eigenvalue weighted by Gasteiger charge is 2.17. The van der Waals surface area contributed by atoms with Gasteiger partial charge in [-0.05, 0) is 25.1 Å². The van der Waals surface area contributed by atoms with Crippen LogP contribution in [0.5, 0.6) is 0 Å². The van der Waals surface area contributed by atoms with Crippen LogP contribution in [0.15, 0.2) is 57.9 Å². The van der Waals surface area contributed by atoms with Crippen molar-refractivity contribution in [2.45, 2.75) is 13.5 Å². The third-order valence-corrected chi connectivity index (χ3v) is 4.47. The highest BCUT2D eigenvalue weighted by Crippen LogP contribution is 2.25. The molecule has 0 atom stereocenters. The number of aromatic nitrogens is 2. The average molecular weight is 378 g/mol. The fourth-order valence-corrected chi connectivity index (χ4v) is 3.13. The predicted molar refractivity (Wildman–Crippen MR) is 102 cm³/mol. The summed E-state index contributed by atoms with van der Waals surface area (Å²) in [7, 11) is 0. The molecule has 4 aromatic rings. The number of nitro groups is 1. The van der Waals surface area contributed by atoms with Crippen LogP contribution in [0.2, 0.25) is 0 Å². The van der Waals surface area contributed by atoms with Gasteiger partial charge >= 0.3 is 5.63 Å². The quantitative estimate of drug-likeness (QED) is 0.331. The Morgan fingerprint density at radius 2 is 2.00 bits per heavy atom. The number of nitro benzene ring substituents is 1. The monoisotopic (exact) mass is 378 g/mol. The Kier molecular flexibility index (Phi) is 4.11. The molecule has 0 radical (unpaired) electrons. The molecule has 0 bridgehead atoms. The topological polar surface area (TPSA) is 120 Å². The Hall–Kier alpha value is -4.01. The van der Waals surface area contributed by atoms with Gasteiger partial charge in [0.2, 0.25) is 5.91 Å². The standard InChI is InChI=1S/C19H14N4O5/c1-11-14(6-4-7-15(11)23(26)27)21-17(24)10-22-18-12-5-2-3-8-16(12)28-19(25)13(18)9-20-22/h2-9H,10H2,1H3,(H,21,24). The van der Waals surface area contributed by atoms with E-state index in [1.54, 1.807) is 37.3 Å². The minimum atomic E-state index is -0.533. The second-order valence-electron chi connectivity index (χ2n) is 6.21. The van der Waals surface area contributed by atoms with Crippen molar-refractivity contribution in [1.82, 2.24) is 9.78 Å². The Morgan fingerprint density at radius 3 is 2.79 bits per heavy atom. The molecule has 0 saturated heterocycles. The fourth-order valence-electron chi connectivity index (χ4n) is 3.13. The van der Waals surface area contributed by atoms with Gasteiger partial charge in [-0.15, -0.1) is 0 Å². The van der Waals surface area contributed by atoms with Gasteiger partial charge in [-0.3, -0.25) is 19.6 Å². The summed E-state index contributed by atoms with van der Waals surface area (Å²) in [5.74, 6) is -0.425. The van der Waals surface area contributed by atoms with Crippen molar-refractivity contribution in [3.63, 3.8) is 0 Å². The van der Waals surface area contributed by atoms with Gasteiger partial charge in [0, 0.05) is 11.5 Å². The molecule has 1 amide bonds. The first kappa shape index (κ1) is 17.4. The molecule has 0 aliphatic carbocycles. The van der Waals surface area contributed by atoms with E-state index in [9.17, 15) is 19.7 Å². The predicted octanol–water partition coefficient (Wildman–Crippen LogP) is 3.00. The van der Waals surface area contributed by atoms with Crippen molar-refractivity contribution in [3.05, 3.63) is 74.8 Å². The molecule has 2 aromatic carbocycles. The highest BCUT2D eigenvalue weighted by atomic mass is 16.6. The lowest BCUT2D eigenvalue weighted by Gasteiger charge is -2.09. The molecule has 0 unspecified atom stereocenters. The zero-order valence-electron chi connectivity index (χ0n) is 14.7. The third-order valence-electron chi connectivity index (χ3n) is 4.47. The zero-order chi connectivity index (χ0) is 19.8. The fraction of sp³-hybridized carbons (Fsp3) is 0.105. The second kappa shape index (κ2) is 6.62. The molecular weight excluding hydrogens is 364 g/mol. The minimum absolute atomic E-state index is 0.0778. The smallest absolute Gasteiger partial charge is 0.347 e. The molecule has 4 rings (SSSR count). The summed E-state index contributed by atoms with van der Waals surface area (Å²) in [6.45, 7) is 1.40. The number of nitrogens with zero attached hydrogens (tertiary/aromatic N) is 3. The summed E-state index contributed by atoms with van der Waals surface area (Å²) in [5.41, 5.74) is 0.993. The number of anilines is 1. The minimum Gasteiger partial charge on any atom is -0.422 e. The maximum Gasteiger partial charge on any atom is 0.347 e. The van der Waals surface area contributed by atoms with Gasteiger partial charge in [0.05, 0.1) is 27.9 Å². The number of carbonyl (C=O) groups excluding carboxylic acids is 1. The molecule has 0 aliphatic heterocycles. The zero-order valence-corrected chi connectivity index (χ0v) is 14.7. The largest absolute Gasteiger partial charge is 0.422 e. The van der Waals surface area contributed by atoms with Crippen molar-refractivity contribution < 1.29 is 14.1 Å². The van der Waals surface area contributed by atoms with Gasteiger partial charge in [-0.2, -0.15) is 5.10 Å². The van der Waals surface area contributed by atoms with E-state index in [2.05, 4.69) is 10.4 Å². The number of carbonyl (C=O) groups is 1. The van der Waals surface area contributed by atoms with Gasteiger partial charge in [0.15, 0.2) is 0 Å². The lowest BCUT2D eigenvalue weighted by atomic mass is 10.1. The van der Waals surface area contributed by atoms with E-state index in [-0.39, 0.29) is 17.6 Å². The maximum absolute atomic E-state index is 12.5. The summed E-state index contributed by atoms with van der Waals surface area (Å²) in [6.07, 6.45) is 1.36. The van der Waals surface area contributed by atoms with Gasteiger partial charge in [0.25, 0.3) is 5.69 Å². The van der Waals surface area contributed by atoms with E-state index in [1.165, 1.54) is 23.0 Å². The number of hydrogen-bond donors (Lipinski definition) is 1. The number of rotatable bonds is 4. The highest BCUT2D eigenvalue weighted by molar-refractivity contribution is 6.02. The lowest BCUT2D eigenvalue weighted by Crippen LogP contribution is -2.20. The van der Waals surface area contributed by atoms with Crippen LogP contribution in [0.3, 0.4) is 0 Å². The summed E-state index contributed by atoms with van der Waals surface area (Å²) < 4.78 is 6.68. The number of para-hydroxylation sites is 1. The summed E-state index contributed by atoms with van der Waals surface area (Å²) in [5, 5.41) is 18.8. The van der Waals surface area contributed by atoms with E-state index >= 15 is 0 Å². The SMILES string of the molecule is Cc1c(NC(=O)Cn2ncc3c(=O)oc4ccccc4c32)cccc1[N+](=O)[O-]. The van der Waals surface area contributed by atoms with Crippen LogP contribution in [-0.2, 0) is 11.3 Å². The van der Waals surface area contributed by atoms with Gasteiger partial charge in [-0.1, -0.05) is 18.2 Å². The van der Waals surface area contributed by atoms with E-state index in [1.807, 2.05) is 0 Å². The summed E-state index contributed by atoms with van der Waals surface area (Å²) >= 11 is 0. The van der Waals surface area contributed by atoms with Crippen LogP contribution >= 0.6 is 0 Å². The average Bonchev–Trinajstić information content (AvgIpc) is 3.08. The number of fused-ring (bicyclic) bond motifs is 3. The molecular formula is C19H14N4O5. The van der Waals surface area contributed by atoms with Crippen LogP contribution in [0.1, 0.15) is 5.56 Å². The maximum atomic E-state index is 12.5. The first-order valence-corrected chi connectivity index (χ1v) is 8.37. The molecule has 0 fully saturated rings. The van der Waals surface area contributed by atoms with E-state index in [4.69, 9.17) is 4.42 Å². The Balaban J connectivity index is 1.70.